The van der Waals surface area contributed by atoms with Crippen LogP contribution < -0.4 is 10.0 Å². The zero-order chi connectivity index (χ0) is 35.8. The van der Waals surface area contributed by atoms with Crippen molar-refractivity contribution in [1.82, 2.24) is 14.3 Å². The number of nitrogens with zero attached hydrogens (tertiary/aromatic N) is 2. The van der Waals surface area contributed by atoms with Crippen LogP contribution in [0.4, 0.5) is 5.69 Å². The fourth-order valence-electron chi connectivity index (χ4n) is 5.20. The third-order valence-corrected chi connectivity index (χ3v) is 11.2. The molecule has 0 bridgehead atoms. The fourth-order valence-corrected chi connectivity index (χ4v) is 8.60. The minimum atomic E-state index is -4.22. The number of nitro benzene ring substituents is 1. The van der Waals surface area contributed by atoms with Gasteiger partial charge in [0.1, 0.15) is 6.04 Å². The largest absolute Gasteiger partial charge is 0.390 e. The summed E-state index contributed by atoms with van der Waals surface area (Å²) >= 11 is 1.29. The van der Waals surface area contributed by atoms with E-state index in [0.717, 1.165) is 56.1 Å². The highest BCUT2D eigenvalue weighted by Gasteiger charge is 2.33. The Morgan fingerprint density at radius 1 is 0.898 bits per heavy atom. The number of sulfonamides is 2. The van der Waals surface area contributed by atoms with Crippen LogP contribution in [0.3, 0.4) is 0 Å². The third-order valence-electron chi connectivity index (χ3n) is 7.55. The number of carbonyl (C=O) groups excluding carboxylic acids is 1. The van der Waals surface area contributed by atoms with E-state index in [2.05, 4.69) is 10.0 Å². The number of aliphatic hydroxyl groups excluding tert-OH is 1. The number of fused-ring (bicyclic) bond motifs is 1. The summed E-state index contributed by atoms with van der Waals surface area (Å²) in [7, 11) is -8.05. The van der Waals surface area contributed by atoms with E-state index in [1.54, 1.807) is 24.3 Å². The maximum atomic E-state index is 13.8. The second-order valence-electron chi connectivity index (χ2n) is 12.1. The Morgan fingerprint density at radius 3 is 2.14 bits per heavy atom. The normalized spacial score (nSPS) is 14.1. The molecule has 3 atom stereocenters. The fraction of sp³-hybridized carbons (Fsp3) is 0.324. The summed E-state index contributed by atoms with van der Waals surface area (Å²) in [5.74, 6) is -0.802. The number of amides is 1. The first-order valence-corrected chi connectivity index (χ1v) is 19.8. The average Bonchev–Trinajstić information content (AvgIpc) is 3.05. The Balaban J connectivity index is 1.59. The van der Waals surface area contributed by atoms with Gasteiger partial charge in [0.05, 0.1) is 28.2 Å². The van der Waals surface area contributed by atoms with Gasteiger partial charge in [-0.05, 0) is 52.9 Å². The van der Waals surface area contributed by atoms with E-state index in [0.29, 0.717) is 0 Å². The number of non-ortho nitro benzene ring substituents is 1. The van der Waals surface area contributed by atoms with Gasteiger partial charge in [0, 0.05) is 35.9 Å². The molecule has 0 radical (unpaired) electrons. The van der Waals surface area contributed by atoms with Gasteiger partial charge in [-0.1, -0.05) is 74.5 Å². The van der Waals surface area contributed by atoms with Gasteiger partial charge in [0.15, 0.2) is 0 Å². The van der Waals surface area contributed by atoms with Crippen LogP contribution in [0.2, 0.25) is 0 Å². The maximum Gasteiger partial charge on any atom is 0.269 e. The summed E-state index contributed by atoms with van der Waals surface area (Å²) in [6, 6.07) is 24.8. The lowest BCUT2D eigenvalue weighted by Gasteiger charge is -2.31. The Labute approximate surface area is 291 Å². The van der Waals surface area contributed by atoms with Crippen molar-refractivity contribution in [3.05, 3.63) is 113 Å². The topological polar surface area (TPSA) is 176 Å². The molecule has 15 heteroatoms. The summed E-state index contributed by atoms with van der Waals surface area (Å²) in [5.41, 5.74) is 0.481. The molecule has 49 heavy (non-hydrogen) atoms. The molecule has 0 saturated heterocycles. The molecule has 1 amide bonds. The third kappa shape index (κ3) is 11.1. The molecule has 0 unspecified atom stereocenters. The first kappa shape index (κ1) is 38.0. The van der Waals surface area contributed by atoms with Crippen LogP contribution in [0.5, 0.6) is 0 Å². The summed E-state index contributed by atoms with van der Waals surface area (Å²) < 4.78 is 55.6. The lowest BCUT2D eigenvalue weighted by molar-refractivity contribution is -0.384. The van der Waals surface area contributed by atoms with E-state index in [9.17, 15) is 36.9 Å². The van der Waals surface area contributed by atoms with Gasteiger partial charge in [-0.15, -0.1) is 11.8 Å². The molecule has 0 aliphatic heterocycles. The van der Waals surface area contributed by atoms with Crippen LogP contribution in [0.1, 0.15) is 19.4 Å². The van der Waals surface area contributed by atoms with Crippen LogP contribution >= 0.6 is 11.8 Å². The number of nitro groups is 1. The second-order valence-corrected chi connectivity index (χ2v) is 16.9. The first-order chi connectivity index (χ1) is 23.1. The maximum absolute atomic E-state index is 13.8. The number of rotatable bonds is 17. The van der Waals surface area contributed by atoms with Gasteiger partial charge in [0.25, 0.3) is 5.69 Å². The minimum absolute atomic E-state index is 0.0169. The molecule has 0 spiro atoms. The average molecular weight is 729 g/mol. The van der Waals surface area contributed by atoms with Gasteiger partial charge in [-0.3, -0.25) is 14.9 Å². The van der Waals surface area contributed by atoms with E-state index >= 15 is 0 Å². The number of carbonyl (C=O) groups is 1. The van der Waals surface area contributed by atoms with Crippen molar-refractivity contribution in [2.75, 3.05) is 25.1 Å². The highest BCUT2D eigenvalue weighted by atomic mass is 32.2. The standard InChI is InChI=1S/C34H40N4O8S3/c1-24(2)21-37(49(45,46)30-17-14-28(15-18-30)38(41)42)22-33(39)31(19-25-9-5-4-6-10-25)35-34(40)32(36-48(3,43)44)23-47-29-16-13-26-11-7-8-12-27(26)20-29/h4-18,20,24,31-33,36,39H,19,21-23H2,1-3H3,(H,35,40)/t31-,32+,33+/m0/s1. The molecule has 4 aromatic rings. The molecule has 0 fully saturated rings. The zero-order valence-corrected chi connectivity index (χ0v) is 29.7. The molecule has 262 valence electrons. The molecule has 3 N–H and O–H groups in total. The number of aliphatic hydroxyl groups is 1. The zero-order valence-electron chi connectivity index (χ0n) is 27.3. The monoisotopic (exact) mass is 728 g/mol. The number of benzene rings is 4. The highest BCUT2D eigenvalue weighted by Crippen LogP contribution is 2.25. The SMILES string of the molecule is CC(C)CN(C[C@@H](O)[C@H](Cc1ccccc1)NC(=O)[C@@H](CSc1ccc2ccccc2c1)NS(C)(=O)=O)S(=O)(=O)c1ccc([N+](=O)[O-])cc1. The van der Waals surface area contributed by atoms with Crippen LogP contribution in [0.25, 0.3) is 10.8 Å². The van der Waals surface area contributed by atoms with Crippen molar-refractivity contribution in [2.24, 2.45) is 5.92 Å². The van der Waals surface area contributed by atoms with Crippen molar-refractivity contribution in [2.45, 2.75) is 48.2 Å². The van der Waals surface area contributed by atoms with Crippen molar-refractivity contribution in [1.29, 1.82) is 0 Å². The number of nitrogens with one attached hydrogen (secondary N) is 2. The molecule has 12 nitrogen and oxygen atoms in total. The van der Waals surface area contributed by atoms with Gasteiger partial charge >= 0.3 is 0 Å². The second kappa shape index (κ2) is 16.7. The smallest absolute Gasteiger partial charge is 0.269 e. The number of thioether (sulfide) groups is 1. The van der Waals surface area contributed by atoms with Gasteiger partial charge in [0.2, 0.25) is 26.0 Å². The summed E-state index contributed by atoms with van der Waals surface area (Å²) in [6.07, 6.45) is -0.357. The Bertz CT molecular complexity index is 1960. The van der Waals surface area contributed by atoms with Crippen LogP contribution in [0, 0.1) is 16.0 Å². The summed E-state index contributed by atoms with van der Waals surface area (Å²) in [5, 5.41) is 27.5. The summed E-state index contributed by atoms with van der Waals surface area (Å²) in [6.45, 7) is 3.22. The molecule has 4 rings (SSSR count). The van der Waals surface area contributed by atoms with Crippen molar-refractivity contribution in [3.8, 4) is 0 Å². The van der Waals surface area contributed by atoms with E-state index in [1.165, 1.54) is 11.8 Å². The van der Waals surface area contributed by atoms with Crippen LogP contribution in [0.15, 0.2) is 107 Å². The van der Waals surface area contributed by atoms with Crippen molar-refractivity contribution < 1.29 is 31.7 Å². The number of hydrogen-bond donors (Lipinski definition) is 3. The highest BCUT2D eigenvalue weighted by molar-refractivity contribution is 7.99. The molecule has 0 aliphatic rings. The lowest BCUT2D eigenvalue weighted by Crippen LogP contribution is -2.56. The van der Waals surface area contributed by atoms with E-state index in [4.69, 9.17) is 0 Å². The molecule has 0 saturated carbocycles. The van der Waals surface area contributed by atoms with E-state index < -0.39 is 55.6 Å². The van der Waals surface area contributed by atoms with Crippen LogP contribution in [-0.2, 0) is 31.3 Å². The Morgan fingerprint density at radius 2 is 1.53 bits per heavy atom. The Hall–Kier alpha value is -3.86. The van der Waals surface area contributed by atoms with Crippen molar-refractivity contribution >= 4 is 54.2 Å². The minimum Gasteiger partial charge on any atom is -0.390 e. The van der Waals surface area contributed by atoms with Gasteiger partial charge in [-0.2, -0.15) is 4.31 Å². The van der Waals surface area contributed by atoms with E-state index in [1.807, 2.05) is 62.4 Å². The van der Waals surface area contributed by atoms with Crippen LogP contribution in [-0.4, -0.2) is 80.4 Å². The Kier molecular flexibility index (Phi) is 12.9. The predicted molar refractivity (Wildman–Crippen MR) is 191 cm³/mol. The quantitative estimate of drug-likeness (QED) is 0.0818. The predicted octanol–water partition coefficient (Wildman–Crippen LogP) is 4.19. The molecule has 0 heterocycles. The van der Waals surface area contributed by atoms with E-state index in [-0.39, 0.29) is 35.2 Å². The molecule has 4 aromatic carbocycles. The first-order valence-electron chi connectivity index (χ1n) is 15.5. The molecule has 0 aliphatic carbocycles. The molecular weight excluding hydrogens is 689 g/mol. The van der Waals surface area contributed by atoms with Gasteiger partial charge < -0.3 is 10.4 Å². The number of hydrogen-bond acceptors (Lipinski definition) is 9. The lowest BCUT2D eigenvalue weighted by atomic mass is 10.0. The summed E-state index contributed by atoms with van der Waals surface area (Å²) in [4.78, 5) is 24.9. The van der Waals surface area contributed by atoms with Crippen molar-refractivity contribution in [3.63, 3.8) is 0 Å². The molecular formula is C34H40N4O8S3. The van der Waals surface area contributed by atoms with Gasteiger partial charge in [-0.25, -0.2) is 21.6 Å². The molecule has 0 aromatic heterocycles.